The van der Waals surface area contributed by atoms with E-state index in [4.69, 9.17) is 9.47 Å². The van der Waals surface area contributed by atoms with Gasteiger partial charge in [-0.15, -0.1) is 0 Å². The molecule has 1 aromatic carbocycles. The molecule has 0 fully saturated rings. The van der Waals surface area contributed by atoms with Crippen molar-refractivity contribution >= 4 is 11.9 Å². The second-order valence-corrected chi connectivity index (χ2v) is 5.53. The van der Waals surface area contributed by atoms with Gasteiger partial charge in [-0.2, -0.15) is 0 Å². The van der Waals surface area contributed by atoms with Gasteiger partial charge in [0.15, 0.2) is 0 Å². The highest BCUT2D eigenvalue weighted by Gasteiger charge is 2.29. The number of hydrogen-bond acceptors (Lipinski definition) is 4. The van der Waals surface area contributed by atoms with Gasteiger partial charge in [-0.25, -0.2) is 9.59 Å². The van der Waals surface area contributed by atoms with Gasteiger partial charge in [0, 0.05) is 17.1 Å². The topological polar surface area (TPSA) is 57.5 Å². The van der Waals surface area contributed by atoms with Gasteiger partial charge in [0.1, 0.15) is 0 Å². The van der Waals surface area contributed by atoms with Gasteiger partial charge in [-0.05, 0) is 46.8 Å². The van der Waals surface area contributed by atoms with E-state index >= 15 is 0 Å². The Hall–Kier alpha value is -2.56. The molecule has 2 rings (SSSR count). The summed E-state index contributed by atoms with van der Waals surface area (Å²) in [5.74, 6) is -1.01. The molecular weight excluding hydrogens is 306 g/mol. The van der Waals surface area contributed by atoms with Crippen molar-refractivity contribution in [2.75, 3.05) is 13.2 Å². The van der Waals surface area contributed by atoms with Crippen LogP contribution in [0, 0.1) is 20.8 Å². The number of carbonyl (C=O) groups excluding carboxylic acids is 2. The highest BCUT2D eigenvalue weighted by atomic mass is 16.5. The van der Waals surface area contributed by atoms with Crippen LogP contribution in [0.5, 0.6) is 0 Å². The lowest BCUT2D eigenvalue weighted by Gasteiger charge is -2.10. The van der Waals surface area contributed by atoms with Crippen LogP contribution in [0.1, 0.15) is 51.5 Å². The number of carbonyl (C=O) groups is 2. The number of aryl methyl sites for hydroxylation is 1. The highest BCUT2D eigenvalue weighted by molar-refractivity contribution is 6.05. The van der Waals surface area contributed by atoms with Crippen molar-refractivity contribution in [1.29, 1.82) is 0 Å². The van der Waals surface area contributed by atoms with E-state index in [0.29, 0.717) is 11.4 Å². The molecule has 0 N–H and O–H groups in total. The van der Waals surface area contributed by atoms with E-state index in [-0.39, 0.29) is 24.3 Å². The standard InChI is InChI=1S/C19H23NO4/c1-6-23-18(21)16-13(4)20(15-10-8-12(3)9-11-15)14(5)17(16)19(22)24-7-2/h8-11H,6-7H2,1-5H3. The molecule has 0 unspecified atom stereocenters. The predicted octanol–water partition coefficient (Wildman–Crippen LogP) is 3.76. The van der Waals surface area contributed by atoms with Gasteiger partial charge < -0.3 is 14.0 Å². The summed E-state index contributed by atoms with van der Waals surface area (Å²) in [6.07, 6.45) is 0. The normalized spacial score (nSPS) is 10.5. The maximum Gasteiger partial charge on any atom is 0.340 e. The van der Waals surface area contributed by atoms with E-state index < -0.39 is 11.9 Å². The van der Waals surface area contributed by atoms with Gasteiger partial charge >= 0.3 is 11.9 Å². The molecule has 0 spiro atoms. The maximum absolute atomic E-state index is 12.4. The zero-order chi connectivity index (χ0) is 17.9. The lowest BCUT2D eigenvalue weighted by molar-refractivity contribution is 0.0479. The molecule has 5 heteroatoms. The Labute approximate surface area is 142 Å². The van der Waals surface area contributed by atoms with Crippen LogP contribution in [0.25, 0.3) is 5.69 Å². The summed E-state index contributed by atoms with van der Waals surface area (Å²) in [5, 5.41) is 0. The zero-order valence-corrected chi connectivity index (χ0v) is 14.8. The van der Waals surface area contributed by atoms with Crippen LogP contribution in [0.2, 0.25) is 0 Å². The van der Waals surface area contributed by atoms with E-state index in [1.807, 2.05) is 49.6 Å². The number of esters is 2. The van der Waals surface area contributed by atoms with Gasteiger partial charge in [-0.1, -0.05) is 17.7 Å². The van der Waals surface area contributed by atoms with Gasteiger partial charge in [0.25, 0.3) is 0 Å². The number of hydrogen-bond donors (Lipinski definition) is 0. The minimum absolute atomic E-state index is 0.245. The molecule has 0 aliphatic heterocycles. The Morgan fingerprint density at radius 2 is 1.25 bits per heavy atom. The van der Waals surface area contributed by atoms with Crippen LogP contribution in [-0.4, -0.2) is 29.7 Å². The fraction of sp³-hybridized carbons (Fsp3) is 0.368. The first-order chi connectivity index (χ1) is 11.4. The first kappa shape index (κ1) is 17.8. The average molecular weight is 329 g/mol. The van der Waals surface area contributed by atoms with Crippen LogP contribution >= 0.6 is 0 Å². The summed E-state index contributed by atoms with van der Waals surface area (Å²) >= 11 is 0. The third-order valence-corrected chi connectivity index (χ3v) is 3.90. The summed E-state index contributed by atoms with van der Waals surface area (Å²) in [6.45, 7) is 9.59. The van der Waals surface area contributed by atoms with E-state index in [9.17, 15) is 9.59 Å². The maximum atomic E-state index is 12.4. The van der Waals surface area contributed by atoms with Crippen molar-refractivity contribution in [2.45, 2.75) is 34.6 Å². The van der Waals surface area contributed by atoms with Crippen LogP contribution in [0.4, 0.5) is 0 Å². The van der Waals surface area contributed by atoms with Crippen LogP contribution in [0.15, 0.2) is 24.3 Å². The van der Waals surface area contributed by atoms with E-state index in [2.05, 4.69) is 0 Å². The van der Waals surface area contributed by atoms with E-state index in [1.54, 1.807) is 13.8 Å². The molecule has 0 aliphatic carbocycles. The molecule has 0 amide bonds. The lowest BCUT2D eigenvalue weighted by Crippen LogP contribution is -2.13. The molecule has 0 aliphatic rings. The molecule has 0 radical (unpaired) electrons. The summed E-state index contributed by atoms with van der Waals surface area (Å²) in [7, 11) is 0. The van der Waals surface area contributed by atoms with Crippen LogP contribution < -0.4 is 0 Å². The van der Waals surface area contributed by atoms with Crippen molar-refractivity contribution in [3.05, 3.63) is 52.3 Å². The minimum atomic E-state index is -0.507. The molecule has 1 heterocycles. The predicted molar refractivity (Wildman–Crippen MR) is 91.9 cm³/mol. The lowest BCUT2D eigenvalue weighted by atomic mass is 10.1. The van der Waals surface area contributed by atoms with Crippen molar-refractivity contribution in [3.8, 4) is 5.69 Å². The fourth-order valence-electron chi connectivity index (χ4n) is 2.82. The Morgan fingerprint density at radius 3 is 1.62 bits per heavy atom. The Bertz CT molecular complexity index is 715. The summed E-state index contributed by atoms with van der Waals surface area (Å²) in [4.78, 5) is 24.8. The Morgan fingerprint density at radius 1 is 0.833 bits per heavy atom. The molecule has 2 aromatic rings. The second kappa shape index (κ2) is 7.34. The number of benzene rings is 1. The van der Waals surface area contributed by atoms with Gasteiger partial charge in [0.05, 0.1) is 24.3 Å². The summed E-state index contributed by atoms with van der Waals surface area (Å²) in [5.41, 5.74) is 3.90. The zero-order valence-electron chi connectivity index (χ0n) is 14.8. The third kappa shape index (κ3) is 3.20. The summed E-state index contributed by atoms with van der Waals surface area (Å²) in [6, 6.07) is 7.89. The van der Waals surface area contributed by atoms with E-state index in [1.165, 1.54) is 0 Å². The number of ether oxygens (including phenoxy) is 2. The van der Waals surface area contributed by atoms with Crippen LogP contribution in [-0.2, 0) is 9.47 Å². The molecule has 0 atom stereocenters. The number of rotatable bonds is 5. The molecule has 0 saturated heterocycles. The van der Waals surface area contributed by atoms with Crippen molar-refractivity contribution in [3.63, 3.8) is 0 Å². The molecule has 24 heavy (non-hydrogen) atoms. The second-order valence-electron chi connectivity index (χ2n) is 5.53. The first-order valence-corrected chi connectivity index (χ1v) is 8.05. The largest absolute Gasteiger partial charge is 0.462 e. The monoisotopic (exact) mass is 329 g/mol. The summed E-state index contributed by atoms with van der Waals surface area (Å²) < 4.78 is 12.2. The number of aromatic nitrogens is 1. The Kier molecular flexibility index (Phi) is 5.44. The molecule has 1 aromatic heterocycles. The third-order valence-electron chi connectivity index (χ3n) is 3.90. The highest BCUT2D eigenvalue weighted by Crippen LogP contribution is 2.28. The smallest absolute Gasteiger partial charge is 0.340 e. The molecule has 5 nitrogen and oxygen atoms in total. The molecular formula is C19H23NO4. The average Bonchev–Trinajstić information content (AvgIpc) is 2.80. The van der Waals surface area contributed by atoms with E-state index in [0.717, 1.165) is 11.3 Å². The minimum Gasteiger partial charge on any atom is -0.462 e. The van der Waals surface area contributed by atoms with Crippen LogP contribution in [0.3, 0.4) is 0 Å². The van der Waals surface area contributed by atoms with Crippen molar-refractivity contribution in [1.82, 2.24) is 4.57 Å². The SMILES string of the molecule is CCOC(=O)c1c(C(=O)OCC)c(C)n(-c2ccc(C)cc2)c1C. The Balaban J connectivity index is 2.69. The molecule has 128 valence electrons. The van der Waals surface area contributed by atoms with Crippen molar-refractivity contribution in [2.24, 2.45) is 0 Å². The quantitative estimate of drug-likeness (QED) is 0.784. The first-order valence-electron chi connectivity index (χ1n) is 8.05. The molecule has 0 bridgehead atoms. The van der Waals surface area contributed by atoms with Gasteiger partial charge in [-0.3, -0.25) is 0 Å². The fourth-order valence-corrected chi connectivity index (χ4v) is 2.82. The number of nitrogens with zero attached hydrogens (tertiary/aromatic N) is 1. The van der Waals surface area contributed by atoms with Gasteiger partial charge in [0.2, 0.25) is 0 Å². The van der Waals surface area contributed by atoms with Crippen molar-refractivity contribution < 1.29 is 19.1 Å². The molecule has 0 saturated carbocycles.